The third kappa shape index (κ3) is 6.77. The lowest BCUT2D eigenvalue weighted by Crippen LogP contribution is -2.26. The zero-order valence-corrected chi connectivity index (χ0v) is 17.8. The van der Waals surface area contributed by atoms with Crippen LogP contribution in [0.15, 0.2) is 49.1 Å². The summed E-state index contributed by atoms with van der Waals surface area (Å²) in [6.45, 7) is 5.90. The predicted molar refractivity (Wildman–Crippen MR) is 116 cm³/mol. The number of hydrogen-bond acceptors (Lipinski definition) is 1. The molecule has 0 heterocycles. The number of allylic oxidation sites excluding steroid dienone is 3. The van der Waals surface area contributed by atoms with E-state index in [1.807, 2.05) is 19.1 Å². The molecule has 1 aromatic carbocycles. The van der Waals surface area contributed by atoms with Crippen LogP contribution in [0.5, 0.6) is 0 Å². The molecule has 0 N–H and O–H groups in total. The molecule has 0 bridgehead atoms. The summed E-state index contributed by atoms with van der Waals surface area (Å²) in [6.07, 6.45) is 11.7. The maximum absolute atomic E-state index is 14.3. The first-order chi connectivity index (χ1) is 14.0. The van der Waals surface area contributed by atoms with E-state index in [9.17, 15) is 8.78 Å². The highest BCUT2D eigenvalue weighted by atomic mass is 19.3. The van der Waals surface area contributed by atoms with Crippen LogP contribution in [0.2, 0.25) is 0 Å². The van der Waals surface area contributed by atoms with Crippen molar-refractivity contribution >= 4 is 0 Å². The first-order valence-electron chi connectivity index (χ1n) is 11.3. The van der Waals surface area contributed by atoms with Crippen LogP contribution in [-0.4, -0.2) is 6.11 Å². The Kier molecular flexibility index (Phi) is 8.06. The van der Waals surface area contributed by atoms with Crippen molar-refractivity contribution in [3.05, 3.63) is 60.2 Å². The standard InChI is InChI=1S/C26H36F2O/c1-3-5-21-6-8-22(9-7-21)18-26(27,28)29-19-23-12-16-25(17-13-23)24-14-10-20(4-2)11-15-24/h3-5,12-13,16-17,20-22,24H,2,6-11,14-15,18-19H2,1H3. The average Bonchev–Trinajstić information content (AvgIpc) is 2.74. The van der Waals surface area contributed by atoms with Gasteiger partial charge in [0.25, 0.3) is 0 Å². The van der Waals surface area contributed by atoms with Crippen molar-refractivity contribution < 1.29 is 13.5 Å². The molecule has 1 nitrogen and oxygen atoms in total. The van der Waals surface area contributed by atoms with Crippen LogP contribution in [-0.2, 0) is 11.3 Å². The van der Waals surface area contributed by atoms with E-state index in [0.29, 0.717) is 17.8 Å². The lowest BCUT2D eigenvalue weighted by atomic mass is 9.79. The van der Waals surface area contributed by atoms with Gasteiger partial charge >= 0.3 is 6.11 Å². The molecular weight excluding hydrogens is 366 g/mol. The van der Waals surface area contributed by atoms with Gasteiger partial charge in [-0.3, -0.25) is 0 Å². The maximum Gasteiger partial charge on any atom is 0.356 e. The molecule has 0 saturated heterocycles. The van der Waals surface area contributed by atoms with Crippen LogP contribution in [0.1, 0.15) is 81.8 Å². The van der Waals surface area contributed by atoms with Gasteiger partial charge in [0.05, 0.1) is 6.61 Å². The summed E-state index contributed by atoms with van der Waals surface area (Å²) < 4.78 is 33.7. The average molecular weight is 403 g/mol. The van der Waals surface area contributed by atoms with Gasteiger partial charge in [-0.15, -0.1) is 6.58 Å². The fourth-order valence-corrected chi connectivity index (χ4v) is 5.02. The summed E-state index contributed by atoms with van der Waals surface area (Å²) in [5, 5.41) is 0. The lowest BCUT2D eigenvalue weighted by molar-refractivity contribution is -0.256. The second-order valence-corrected chi connectivity index (χ2v) is 9.03. The largest absolute Gasteiger partial charge is 0.356 e. The van der Waals surface area contributed by atoms with Crippen molar-refractivity contribution in [3.8, 4) is 0 Å². The maximum atomic E-state index is 14.3. The molecule has 2 fully saturated rings. The molecule has 3 rings (SSSR count). The van der Waals surface area contributed by atoms with Gasteiger partial charge < -0.3 is 4.74 Å². The fraction of sp³-hybridized carbons (Fsp3) is 0.615. The molecule has 0 amide bonds. The summed E-state index contributed by atoms with van der Waals surface area (Å²) in [5.41, 5.74) is 2.14. The van der Waals surface area contributed by atoms with Gasteiger partial charge in [0.1, 0.15) is 0 Å². The Hall–Kier alpha value is -1.48. The van der Waals surface area contributed by atoms with E-state index in [-0.39, 0.29) is 18.9 Å². The minimum atomic E-state index is -3.04. The van der Waals surface area contributed by atoms with Gasteiger partial charge in [-0.1, -0.05) is 42.5 Å². The molecule has 0 radical (unpaired) electrons. The Morgan fingerprint density at radius 3 is 2.17 bits per heavy atom. The highest BCUT2D eigenvalue weighted by molar-refractivity contribution is 5.25. The Morgan fingerprint density at radius 2 is 1.59 bits per heavy atom. The molecule has 29 heavy (non-hydrogen) atoms. The van der Waals surface area contributed by atoms with Crippen molar-refractivity contribution in [1.82, 2.24) is 0 Å². The van der Waals surface area contributed by atoms with Gasteiger partial charge in [-0.2, -0.15) is 8.78 Å². The van der Waals surface area contributed by atoms with E-state index in [0.717, 1.165) is 31.2 Å². The van der Waals surface area contributed by atoms with Crippen LogP contribution in [0.25, 0.3) is 0 Å². The second kappa shape index (κ2) is 10.5. The molecule has 0 aliphatic heterocycles. The smallest absolute Gasteiger partial charge is 0.316 e. The van der Waals surface area contributed by atoms with Crippen LogP contribution in [0.3, 0.4) is 0 Å². The van der Waals surface area contributed by atoms with Gasteiger partial charge in [0.2, 0.25) is 0 Å². The number of rotatable bonds is 8. The Morgan fingerprint density at radius 1 is 0.966 bits per heavy atom. The molecule has 0 spiro atoms. The normalized spacial score (nSPS) is 28.5. The topological polar surface area (TPSA) is 9.23 Å². The van der Waals surface area contributed by atoms with Gasteiger partial charge in [-0.25, -0.2) is 0 Å². The number of benzene rings is 1. The number of alkyl halides is 2. The quantitative estimate of drug-likeness (QED) is 0.400. The Bertz CT molecular complexity index is 648. The molecular formula is C26H36F2O. The number of halogens is 2. The molecule has 2 aliphatic carbocycles. The summed E-state index contributed by atoms with van der Waals surface area (Å²) >= 11 is 0. The minimum Gasteiger partial charge on any atom is -0.316 e. The molecule has 3 heteroatoms. The third-order valence-corrected chi connectivity index (χ3v) is 6.89. The van der Waals surface area contributed by atoms with E-state index in [4.69, 9.17) is 4.74 Å². The van der Waals surface area contributed by atoms with Crippen LogP contribution in [0.4, 0.5) is 8.78 Å². The fourth-order valence-electron chi connectivity index (χ4n) is 5.02. The monoisotopic (exact) mass is 402 g/mol. The van der Waals surface area contributed by atoms with Crippen LogP contribution < -0.4 is 0 Å². The number of ether oxygens (including phenoxy) is 1. The summed E-state index contributed by atoms with van der Waals surface area (Å²) in [6, 6.07) is 8.09. The van der Waals surface area contributed by atoms with E-state index in [1.165, 1.54) is 31.2 Å². The second-order valence-electron chi connectivity index (χ2n) is 9.03. The highest BCUT2D eigenvalue weighted by Crippen LogP contribution is 2.38. The van der Waals surface area contributed by atoms with E-state index in [1.54, 1.807) is 0 Å². The minimum absolute atomic E-state index is 0.0234. The van der Waals surface area contributed by atoms with Crippen molar-refractivity contribution in [3.63, 3.8) is 0 Å². The van der Waals surface area contributed by atoms with E-state index < -0.39 is 6.11 Å². The first-order valence-corrected chi connectivity index (χ1v) is 11.3. The zero-order chi connectivity index (χ0) is 20.7. The molecule has 160 valence electrons. The molecule has 2 aliphatic rings. The van der Waals surface area contributed by atoms with Crippen molar-refractivity contribution in [2.45, 2.75) is 83.3 Å². The lowest BCUT2D eigenvalue weighted by Gasteiger charge is -2.29. The molecule has 1 aromatic rings. The molecule has 0 aromatic heterocycles. The Labute approximate surface area is 175 Å². The summed E-state index contributed by atoms with van der Waals surface area (Å²) in [7, 11) is 0. The van der Waals surface area contributed by atoms with Gasteiger partial charge in [0.15, 0.2) is 0 Å². The van der Waals surface area contributed by atoms with Crippen LogP contribution >= 0.6 is 0 Å². The Balaban J connectivity index is 1.43. The molecule has 0 atom stereocenters. The zero-order valence-electron chi connectivity index (χ0n) is 17.8. The third-order valence-electron chi connectivity index (χ3n) is 6.89. The number of hydrogen-bond donors (Lipinski definition) is 0. The van der Waals surface area contributed by atoms with Crippen molar-refractivity contribution in [1.29, 1.82) is 0 Å². The SMILES string of the molecule is C=CC1CCC(c2ccc(COC(F)(F)CC3CCC(C=CC)CC3)cc2)CC1. The summed E-state index contributed by atoms with van der Waals surface area (Å²) in [5.74, 6) is 1.87. The molecule has 2 saturated carbocycles. The van der Waals surface area contributed by atoms with Crippen LogP contribution in [0, 0.1) is 17.8 Å². The first kappa shape index (κ1) is 22.2. The predicted octanol–water partition coefficient (Wildman–Crippen LogP) is 8.03. The molecule has 0 unspecified atom stereocenters. The van der Waals surface area contributed by atoms with Crippen molar-refractivity contribution in [2.24, 2.45) is 17.8 Å². The van der Waals surface area contributed by atoms with E-state index in [2.05, 4.69) is 36.9 Å². The van der Waals surface area contributed by atoms with Gasteiger partial charge in [0, 0.05) is 6.42 Å². The van der Waals surface area contributed by atoms with Crippen molar-refractivity contribution in [2.75, 3.05) is 0 Å². The highest BCUT2D eigenvalue weighted by Gasteiger charge is 2.35. The van der Waals surface area contributed by atoms with Gasteiger partial charge in [-0.05, 0) is 93.1 Å². The van der Waals surface area contributed by atoms with E-state index >= 15 is 0 Å². The summed E-state index contributed by atoms with van der Waals surface area (Å²) in [4.78, 5) is 0.